The van der Waals surface area contributed by atoms with Gasteiger partial charge < -0.3 is 25.1 Å². The Morgan fingerprint density at radius 3 is 2.71 bits per heavy atom. The maximum absolute atomic E-state index is 12.0. The summed E-state index contributed by atoms with van der Waals surface area (Å²) in [6.45, 7) is 1.25. The van der Waals surface area contributed by atoms with Crippen molar-refractivity contribution in [3.05, 3.63) is 48.4 Å². The van der Waals surface area contributed by atoms with E-state index in [9.17, 15) is 9.59 Å². The first-order chi connectivity index (χ1) is 11.7. The monoisotopic (exact) mass is 329 g/mol. The van der Waals surface area contributed by atoms with Gasteiger partial charge >= 0.3 is 6.03 Å². The van der Waals surface area contributed by atoms with E-state index in [1.807, 2.05) is 0 Å². The van der Waals surface area contributed by atoms with Crippen molar-refractivity contribution in [1.29, 1.82) is 0 Å². The number of carbonyl (C=O) groups excluding carboxylic acids is 2. The molecule has 1 aromatic heterocycles. The minimum absolute atomic E-state index is 0.0938. The molecular formula is C17H19N3O4. The van der Waals surface area contributed by atoms with Crippen LogP contribution in [0.4, 0.5) is 16.2 Å². The molecule has 1 fully saturated rings. The number of benzene rings is 1. The summed E-state index contributed by atoms with van der Waals surface area (Å²) in [5.74, 6) is -0.274. The molecule has 2 aromatic rings. The lowest BCUT2D eigenvalue weighted by atomic mass is 10.2. The number of hydrogen-bond donors (Lipinski definition) is 3. The highest BCUT2D eigenvalue weighted by molar-refractivity contribution is 6.04. The molecule has 24 heavy (non-hydrogen) atoms. The van der Waals surface area contributed by atoms with Gasteiger partial charge in [-0.15, -0.1) is 0 Å². The Kier molecular flexibility index (Phi) is 5.12. The molecule has 126 valence electrons. The number of urea groups is 1. The number of ether oxygens (including phenoxy) is 1. The average Bonchev–Trinajstić information content (AvgIpc) is 3.27. The first-order valence-corrected chi connectivity index (χ1v) is 7.81. The van der Waals surface area contributed by atoms with E-state index >= 15 is 0 Å². The Morgan fingerprint density at radius 2 is 2.00 bits per heavy atom. The van der Waals surface area contributed by atoms with E-state index in [-0.39, 0.29) is 18.0 Å². The molecular weight excluding hydrogens is 310 g/mol. The number of nitrogens with one attached hydrogen (secondary N) is 3. The van der Waals surface area contributed by atoms with Gasteiger partial charge in [0.1, 0.15) is 6.26 Å². The number of anilines is 2. The van der Waals surface area contributed by atoms with Crippen LogP contribution >= 0.6 is 0 Å². The van der Waals surface area contributed by atoms with Crippen molar-refractivity contribution in [2.75, 3.05) is 23.8 Å². The summed E-state index contributed by atoms with van der Waals surface area (Å²) in [7, 11) is 0. The van der Waals surface area contributed by atoms with Crippen LogP contribution in [0.1, 0.15) is 23.2 Å². The zero-order chi connectivity index (χ0) is 16.8. The molecule has 1 saturated heterocycles. The fourth-order valence-electron chi connectivity index (χ4n) is 2.46. The van der Waals surface area contributed by atoms with Gasteiger partial charge in [0.15, 0.2) is 0 Å². The minimum atomic E-state index is -0.302. The van der Waals surface area contributed by atoms with E-state index in [4.69, 9.17) is 9.15 Å². The molecule has 7 heteroatoms. The molecule has 2 heterocycles. The Balaban J connectivity index is 1.52. The summed E-state index contributed by atoms with van der Waals surface area (Å²) < 4.78 is 10.3. The largest absolute Gasteiger partial charge is 0.472 e. The first kappa shape index (κ1) is 16.1. The SMILES string of the molecule is O=C(NC[C@@H]1CCCO1)Nc1cccc(NC(=O)c2ccoc2)c1. The molecule has 0 saturated carbocycles. The summed E-state index contributed by atoms with van der Waals surface area (Å²) in [5.41, 5.74) is 1.60. The molecule has 1 aliphatic rings. The van der Waals surface area contributed by atoms with Crippen molar-refractivity contribution < 1.29 is 18.7 Å². The summed E-state index contributed by atoms with van der Waals surface area (Å²) in [6.07, 6.45) is 4.90. The quantitative estimate of drug-likeness (QED) is 0.786. The van der Waals surface area contributed by atoms with Gasteiger partial charge in [0.05, 0.1) is 17.9 Å². The van der Waals surface area contributed by atoms with Crippen LogP contribution in [0, 0.1) is 0 Å². The molecule has 0 bridgehead atoms. The Hall–Kier alpha value is -2.80. The number of rotatable bonds is 5. The normalized spacial score (nSPS) is 16.6. The molecule has 1 aliphatic heterocycles. The smallest absolute Gasteiger partial charge is 0.319 e. The van der Waals surface area contributed by atoms with E-state index in [0.717, 1.165) is 19.4 Å². The number of furan rings is 1. The van der Waals surface area contributed by atoms with Gasteiger partial charge in [-0.1, -0.05) is 6.07 Å². The first-order valence-electron chi connectivity index (χ1n) is 7.81. The van der Waals surface area contributed by atoms with Crippen LogP contribution in [0.25, 0.3) is 0 Å². The van der Waals surface area contributed by atoms with Gasteiger partial charge in [-0.25, -0.2) is 4.79 Å². The molecule has 1 aromatic carbocycles. The van der Waals surface area contributed by atoms with Crippen molar-refractivity contribution in [1.82, 2.24) is 5.32 Å². The molecule has 0 radical (unpaired) electrons. The van der Waals surface area contributed by atoms with Crippen LogP contribution in [0.15, 0.2) is 47.3 Å². The third-order valence-electron chi connectivity index (χ3n) is 3.68. The van der Waals surface area contributed by atoms with Crippen LogP contribution in [0.5, 0.6) is 0 Å². The Bertz CT molecular complexity index is 694. The maximum Gasteiger partial charge on any atom is 0.319 e. The molecule has 0 aliphatic carbocycles. The zero-order valence-corrected chi connectivity index (χ0v) is 13.1. The van der Waals surface area contributed by atoms with E-state index in [1.165, 1.54) is 12.5 Å². The van der Waals surface area contributed by atoms with Gasteiger partial charge in [-0.05, 0) is 37.1 Å². The highest BCUT2D eigenvalue weighted by atomic mass is 16.5. The van der Waals surface area contributed by atoms with E-state index < -0.39 is 0 Å². The van der Waals surface area contributed by atoms with E-state index in [2.05, 4.69) is 16.0 Å². The zero-order valence-electron chi connectivity index (χ0n) is 13.1. The summed E-state index contributed by atoms with van der Waals surface area (Å²) in [6, 6.07) is 8.20. The van der Waals surface area contributed by atoms with Crippen LogP contribution in [-0.4, -0.2) is 31.2 Å². The topological polar surface area (TPSA) is 92.6 Å². The second kappa shape index (κ2) is 7.65. The van der Waals surface area contributed by atoms with Crippen molar-refractivity contribution >= 4 is 23.3 Å². The lowest BCUT2D eigenvalue weighted by Gasteiger charge is -2.12. The number of hydrogen-bond acceptors (Lipinski definition) is 4. The average molecular weight is 329 g/mol. The van der Waals surface area contributed by atoms with Gasteiger partial charge in [0, 0.05) is 24.5 Å². The summed E-state index contributed by atoms with van der Waals surface area (Å²) >= 11 is 0. The molecule has 7 nitrogen and oxygen atoms in total. The molecule has 3 N–H and O–H groups in total. The summed E-state index contributed by atoms with van der Waals surface area (Å²) in [4.78, 5) is 23.9. The van der Waals surface area contributed by atoms with Crippen molar-refractivity contribution in [3.8, 4) is 0 Å². The predicted octanol–water partition coefficient (Wildman–Crippen LogP) is 2.83. The third-order valence-corrected chi connectivity index (χ3v) is 3.68. The second-order valence-corrected chi connectivity index (χ2v) is 5.52. The predicted molar refractivity (Wildman–Crippen MR) is 89.1 cm³/mol. The van der Waals surface area contributed by atoms with Gasteiger partial charge in [0.2, 0.25) is 0 Å². The lowest BCUT2D eigenvalue weighted by molar-refractivity contribution is 0.102. The van der Waals surface area contributed by atoms with Gasteiger partial charge in [-0.2, -0.15) is 0 Å². The molecule has 0 unspecified atom stereocenters. The standard InChI is InChI=1S/C17H19N3O4/c21-16(12-6-8-23-11-12)19-13-3-1-4-14(9-13)20-17(22)18-10-15-5-2-7-24-15/h1,3-4,6,8-9,11,15H,2,5,7,10H2,(H,19,21)(H2,18,20,22)/t15-/m0/s1. The minimum Gasteiger partial charge on any atom is -0.472 e. The van der Waals surface area contributed by atoms with Crippen LogP contribution < -0.4 is 16.0 Å². The third kappa shape index (κ3) is 4.36. The molecule has 3 amide bonds. The van der Waals surface area contributed by atoms with Crippen LogP contribution in [0.3, 0.4) is 0 Å². The van der Waals surface area contributed by atoms with E-state index in [1.54, 1.807) is 30.3 Å². The number of carbonyl (C=O) groups is 2. The van der Waals surface area contributed by atoms with Gasteiger partial charge in [0.25, 0.3) is 5.91 Å². The highest BCUT2D eigenvalue weighted by Crippen LogP contribution is 2.16. The van der Waals surface area contributed by atoms with Gasteiger partial charge in [-0.3, -0.25) is 4.79 Å². The van der Waals surface area contributed by atoms with Crippen molar-refractivity contribution in [3.63, 3.8) is 0 Å². The molecule has 0 spiro atoms. The second-order valence-electron chi connectivity index (χ2n) is 5.52. The fraction of sp³-hybridized carbons (Fsp3) is 0.294. The Morgan fingerprint density at radius 1 is 1.17 bits per heavy atom. The maximum atomic E-state index is 12.0. The van der Waals surface area contributed by atoms with Crippen molar-refractivity contribution in [2.45, 2.75) is 18.9 Å². The number of amides is 3. The molecule has 3 rings (SSSR count). The van der Waals surface area contributed by atoms with Crippen LogP contribution in [-0.2, 0) is 4.74 Å². The van der Waals surface area contributed by atoms with Crippen LogP contribution in [0.2, 0.25) is 0 Å². The fourth-order valence-corrected chi connectivity index (χ4v) is 2.46. The lowest BCUT2D eigenvalue weighted by Crippen LogP contribution is -2.35. The summed E-state index contributed by atoms with van der Waals surface area (Å²) in [5, 5.41) is 8.26. The highest BCUT2D eigenvalue weighted by Gasteiger charge is 2.16. The molecule has 1 atom stereocenters. The Labute approximate surface area is 139 Å². The van der Waals surface area contributed by atoms with E-state index in [0.29, 0.717) is 23.5 Å². The van der Waals surface area contributed by atoms with Crippen molar-refractivity contribution in [2.24, 2.45) is 0 Å².